The van der Waals surface area contributed by atoms with Crippen LogP contribution < -0.4 is 0 Å². The van der Waals surface area contributed by atoms with Gasteiger partial charge in [-0.2, -0.15) is 0 Å². The van der Waals surface area contributed by atoms with E-state index in [0.29, 0.717) is 5.41 Å². The van der Waals surface area contributed by atoms with Gasteiger partial charge in [-0.1, -0.05) is 44.1 Å². The van der Waals surface area contributed by atoms with E-state index >= 15 is 0 Å². The summed E-state index contributed by atoms with van der Waals surface area (Å²) in [5.41, 5.74) is 7.66. The minimum absolute atomic E-state index is 0.116. The summed E-state index contributed by atoms with van der Waals surface area (Å²) in [6, 6.07) is 0. The summed E-state index contributed by atoms with van der Waals surface area (Å²) >= 11 is 0. The van der Waals surface area contributed by atoms with Gasteiger partial charge in [0.2, 0.25) is 0 Å². The second-order valence-electron chi connectivity index (χ2n) is 8.69. The first-order valence-corrected chi connectivity index (χ1v) is 10.6. The van der Waals surface area contributed by atoms with E-state index in [1.807, 2.05) is 24.9 Å². The Hall–Kier alpha value is -1.15. The van der Waals surface area contributed by atoms with Crippen LogP contribution in [0.1, 0.15) is 85.5 Å². The Morgan fingerprint density at radius 1 is 1.27 bits per heavy atom. The fourth-order valence-electron chi connectivity index (χ4n) is 5.35. The summed E-state index contributed by atoms with van der Waals surface area (Å²) in [5.74, 6) is 1.80. The van der Waals surface area contributed by atoms with E-state index in [1.54, 1.807) is 18.1 Å². The Labute approximate surface area is 160 Å². The highest BCUT2D eigenvalue weighted by molar-refractivity contribution is 5.50. The molecule has 0 aromatic carbocycles. The summed E-state index contributed by atoms with van der Waals surface area (Å²) in [4.78, 5) is 8.00. The Bertz CT molecular complexity index is 581. The minimum Gasteiger partial charge on any atom is -0.393 e. The standard InChI is InChI=1S/C19H26.C4H10O.CH2O/c1-13-6-8-16-15(13)10-11-18-17(16)9-7-14-5-3-4-12-19(14,18)2;1-3-4(2)5;1-2/h5,8,13,15H,3-4,6-7,9-12H2,1-2H3;4-5H,3H2,1-2H3;1H2. The number of fused-ring (bicyclic) bond motifs is 4. The molecular formula is C24H38O2. The van der Waals surface area contributed by atoms with Crippen molar-refractivity contribution in [2.24, 2.45) is 17.3 Å². The molecule has 4 unspecified atom stereocenters. The molecule has 0 bridgehead atoms. The van der Waals surface area contributed by atoms with Crippen molar-refractivity contribution in [3.63, 3.8) is 0 Å². The molecule has 0 aromatic rings. The van der Waals surface area contributed by atoms with Crippen molar-refractivity contribution < 1.29 is 9.90 Å². The zero-order valence-corrected chi connectivity index (χ0v) is 17.3. The average Bonchev–Trinajstić information content (AvgIpc) is 3.05. The van der Waals surface area contributed by atoms with Crippen LogP contribution in [0.25, 0.3) is 0 Å². The van der Waals surface area contributed by atoms with E-state index in [0.717, 1.165) is 18.3 Å². The molecule has 0 amide bonds. The highest BCUT2D eigenvalue weighted by atomic mass is 16.3. The SMILES string of the molecule is C=O.CC1CC=C2C3=C(CCC21)C1(C)CCCC=C1CC3.CCC(C)O. The van der Waals surface area contributed by atoms with Crippen molar-refractivity contribution in [2.75, 3.05) is 0 Å². The van der Waals surface area contributed by atoms with E-state index in [2.05, 4.69) is 26.0 Å². The van der Waals surface area contributed by atoms with Gasteiger partial charge in [0.05, 0.1) is 6.10 Å². The van der Waals surface area contributed by atoms with Gasteiger partial charge >= 0.3 is 0 Å². The highest BCUT2D eigenvalue weighted by Gasteiger charge is 2.43. The molecule has 0 radical (unpaired) electrons. The van der Waals surface area contributed by atoms with Crippen molar-refractivity contribution in [1.82, 2.24) is 0 Å². The molecule has 0 spiro atoms. The number of aliphatic hydroxyl groups is 1. The first kappa shape index (κ1) is 21.2. The van der Waals surface area contributed by atoms with Gasteiger partial charge in [0, 0.05) is 5.41 Å². The molecule has 0 saturated heterocycles. The average molecular weight is 359 g/mol. The maximum absolute atomic E-state index is 8.36. The Balaban J connectivity index is 0.000000304. The van der Waals surface area contributed by atoms with Crippen LogP contribution in [0.3, 0.4) is 0 Å². The number of hydrogen-bond acceptors (Lipinski definition) is 2. The van der Waals surface area contributed by atoms with Crippen molar-refractivity contribution in [2.45, 2.75) is 91.6 Å². The maximum Gasteiger partial charge on any atom is 0.106 e. The second kappa shape index (κ2) is 9.17. The predicted octanol–water partition coefficient (Wildman–Crippen LogP) is 6.16. The van der Waals surface area contributed by atoms with Gasteiger partial charge in [-0.05, 0) is 87.7 Å². The maximum atomic E-state index is 8.36. The minimum atomic E-state index is -0.116. The lowest BCUT2D eigenvalue weighted by Crippen LogP contribution is -2.33. The van der Waals surface area contributed by atoms with Crippen LogP contribution in [-0.4, -0.2) is 18.0 Å². The molecule has 0 aliphatic heterocycles. The van der Waals surface area contributed by atoms with E-state index < -0.39 is 0 Å². The fraction of sp³-hybridized carbons (Fsp3) is 0.708. The Morgan fingerprint density at radius 2 is 1.96 bits per heavy atom. The van der Waals surface area contributed by atoms with E-state index in [-0.39, 0.29) is 6.10 Å². The summed E-state index contributed by atoms with van der Waals surface area (Å²) in [6.07, 6.45) is 16.9. The third-order valence-corrected chi connectivity index (χ3v) is 7.10. The van der Waals surface area contributed by atoms with E-state index in [9.17, 15) is 0 Å². The molecule has 0 aromatic heterocycles. The first-order valence-electron chi connectivity index (χ1n) is 10.6. The highest BCUT2D eigenvalue weighted by Crippen LogP contribution is 2.58. The van der Waals surface area contributed by atoms with Crippen LogP contribution in [0.4, 0.5) is 0 Å². The van der Waals surface area contributed by atoms with Crippen molar-refractivity contribution >= 4 is 6.79 Å². The molecule has 4 rings (SSSR count). The molecule has 2 nitrogen and oxygen atoms in total. The Morgan fingerprint density at radius 3 is 2.62 bits per heavy atom. The number of aliphatic hydroxyl groups excluding tert-OH is 1. The molecule has 4 aliphatic carbocycles. The summed E-state index contributed by atoms with van der Waals surface area (Å²) in [5, 5.41) is 8.36. The molecule has 26 heavy (non-hydrogen) atoms. The number of allylic oxidation sites excluding steroid dienone is 6. The molecule has 146 valence electrons. The lowest BCUT2D eigenvalue weighted by Gasteiger charge is -2.46. The van der Waals surface area contributed by atoms with Gasteiger partial charge in [-0.25, -0.2) is 0 Å². The largest absolute Gasteiger partial charge is 0.393 e. The molecule has 4 aliphatic rings. The second-order valence-corrected chi connectivity index (χ2v) is 8.69. The fourth-order valence-corrected chi connectivity index (χ4v) is 5.35. The third-order valence-electron chi connectivity index (χ3n) is 7.10. The van der Waals surface area contributed by atoms with Gasteiger partial charge in [0.15, 0.2) is 0 Å². The lowest BCUT2D eigenvalue weighted by atomic mass is 9.58. The number of carbonyl (C=O) groups excluding carboxylic acids is 1. The van der Waals surface area contributed by atoms with Gasteiger partial charge in [-0.15, -0.1) is 0 Å². The van der Waals surface area contributed by atoms with Crippen molar-refractivity contribution in [1.29, 1.82) is 0 Å². The van der Waals surface area contributed by atoms with E-state index in [1.165, 1.54) is 51.4 Å². The topological polar surface area (TPSA) is 37.3 Å². The number of rotatable bonds is 1. The molecular weight excluding hydrogens is 320 g/mol. The predicted molar refractivity (Wildman–Crippen MR) is 110 cm³/mol. The van der Waals surface area contributed by atoms with Crippen LogP contribution in [0, 0.1) is 17.3 Å². The summed E-state index contributed by atoms with van der Waals surface area (Å²) in [7, 11) is 0. The smallest absolute Gasteiger partial charge is 0.106 e. The van der Waals surface area contributed by atoms with Crippen molar-refractivity contribution in [3.05, 3.63) is 34.4 Å². The van der Waals surface area contributed by atoms with Crippen molar-refractivity contribution in [3.8, 4) is 0 Å². The van der Waals surface area contributed by atoms with E-state index in [4.69, 9.17) is 9.90 Å². The van der Waals surface area contributed by atoms with Crippen LogP contribution in [0.15, 0.2) is 34.4 Å². The van der Waals surface area contributed by atoms with Crippen LogP contribution in [-0.2, 0) is 4.79 Å². The van der Waals surface area contributed by atoms with Gasteiger partial charge < -0.3 is 9.90 Å². The lowest BCUT2D eigenvalue weighted by molar-refractivity contribution is -0.0979. The number of carbonyl (C=O) groups is 1. The quantitative estimate of drug-likeness (QED) is 0.570. The molecule has 0 fully saturated rings. The Kier molecular flexibility index (Phi) is 7.46. The summed E-state index contributed by atoms with van der Waals surface area (Å²) in [6.45, 7) is 10.7. The van der Waals surface area contributed by atoms with Crippen LogP contribution >= 0.6 is 0 Å². The molecule has 2 heteroatoms. The summed E-state index contributed by atoms with van der Waals surface area (Å²) < 4.78 is 0. The van der Waals surface area contributed by atoms with Gasteiger partial charge in [0.25, 0.3) is 0 Å². The van der Waals surface area contributed by atoms with Crippen LogP contribution in [0.2, 0.25) is 0 Å². The van der Waals surface area contributed by atoms with Gasteiger partial charge in [0.1, 0.15) is 6.79 Å². The molecule has 0 heterocycles. The normalized spacial score (nSPS) is 33.1. The zero-order chi connectivity index (χ0) is 19.3. The third kappa shape index (κ3) is 4.06. The number of hydrogen-bond donors (Lipinski definition) is 1. The first-order chi connectivity index (χ1) is 12.5. The molecule has 4 atom stereocenters. The molecule has 0 saturated carbocycles. The zero-order valence-electron chi connectivity index (χ0n) is 17.3. The van der Waals surface area contributed by atoms with Gasteiger partial charge in [-0.3, -0.25) is 0 Å². The molecule has 1 N–H and O–H groups in total. The van der Waals surface area contributed by atoms with Crippen LogP contribution in [0.5, 0.6) is 0 Å². The monoisotopic (exact) mass is 358 g/mol.